The average Bonchev–Trinajstić information content (AvgIpc) is 3.13. The lowest BCUT2D eigenvalue weighted by Crippen LogP contribution is -2.23. The first-order chi connectivity index (χ1) is 8.61. The number of aryl methyl sites for hydroxylation is 2. The fourth-order valence-electron chi connectivity index (χ4n) is 2.50. The van der Waals surface area contributed by atoms with Crippen LogP contribution in [0.4, 0.5) is 0 Å². The molecule has 1 nitrogen and oxygen atoms in total. The van der Waals surface area contributed by atoms with Crippen LogP contribution in [0.15, 0.2) is 16.6 Å². The van der Waals surface area contributed by atoms with E-state index < -0.39 is 0 Å². The van der Waals surface area contributed by atoms with Gasteiger partial charge in [-0.25, -0.2) is 0 Å². The van der Waals surface area contributed by atoms with Crippen LogP contribution in [0.25, 0.3) is 0 Å². The zero-order valence-electron chi connectivity index (χ0n) is 11.7. The van der Waals surface area contributed by atoms with Crippen molar-refractivity contribution in [3.05, 3.63) is 33.3 Å². The molecule has 0 aromatic heterocycles. The number of halogens is 1. The number of rotatable bonds is 6. The molecule has 1 saturated carbocycles. The quantitative estimate of drug-likeness (QED) is 0.787. The molecule has 1 N–H and O–H groups in total. The molecule has 0 amide bonds. The van der Waals surface area contributed by atoms with Gasteiger partial charge >= 0.3 is 0 Å². The van der Waals surface area contributed by atoms with Gasteiger partial charge in [-0.3, -0.25) is 0 Å². The van der Waals surface area contributed by atoms with Gasteiger partial charge in [-0.05, 0) is 61.9 Å². The van der Waals surface area contributed by atoms with Crippen LogP contribution < -0.4 is 5.32 Å². The number of nitrogens with one attached hydrogen (secondary N) is 1. The van der Waals surface area contributed by atoms with E-state index in [1.807, 2.05) is 0 Å². The van der Waals surface area contributed by atoms with Crippen molar-refractivity contribution in [2.24, 2.45) is 5.92 Å². The van der Waals surface area contributed by atoms with Crippen LogP contribution >= 0.6 is 15.9 Å². The average molecular weight is 310 g/mol. The highest BCUT2D eigenvalue weighted by atomic mass is 79.9. The molecule has 1 aliphatic rings. The van der Waals surface area contributed by atoms with Crippen LogP contribution in [0.5, 0.6) is 0 Å². The van der Waals surface area contributed by atoms with Gasteiger partial charge in [0, 0.05) is 10.5 Å². The maximum atomic E-state index is 3.73. The molecular formula is C16H24BrN. The highest BCUT2D eigenvalue weighted by Gasteiger charge is 2.26. The van der Waals surface area contributed by atoms with Gasteiger partial charge in [-0.2, -0.15) is 0 Å². The standard InChI is InChI=1S/C16H24BrN/c1-4-7-18-16(10-13-5-6-13)14-8-12(3)15(17)9-11(14)2/h8-9,13,16,18H,4-7,10H2,1-3H3. The zero-order chi connectivity index (χ0) is 13.1. The van der Waals surface area contributed by atoms with Crippen molar-refractivity contribution in [2.45, 2.75) is 52.5 Å². The first kappa shape index (κ1) is 14.1. The Hall–Kier alpha value is -0.340. The summed E-state index contributed by atoms with van der Waals surface area (Å²) in [5.74, 6) is 0.961. The van der Waals surface area contributed by atoms with Gasteiger partial charge in [0.25, 0.3) is 0 Å². The lowest BCUT2D eigenvalue weighted by atomic mass is 9.95. The third kappa shape index (κ3) is 3.58. The van der Waals surface area contributed by atoms with Gasteiger partial charge in [0.05, 0.1) is 0 Å². The number of hydrogen-bond donors (Lipinski definition) is 1. The molecule has 1 unspecified atom stereocenters. The fraction of sp³-hybridized carbons (Fsp3) is 0.625. The maximum absolute atomic E-state index is 3.73. The van der Waals surface area contributed by atoms with E-state index >= 15 is 0 Å². The molecule has 1 fully saturated rings. The Morgan fingerprint density at radius 2 is 2.00 bits per heavy atom. The maximum Gasteiger partial charge on any atom is 0.0325 e. The molecule has 0 radical (unpaired) electrons. The summed E-state index contributed by atoms with van der Waals surface area (Å²) in [6.07, 6.45) is 5.37. The Labute approximate surface area is 119 Å². The molecule has 100 valence electrons. The topological polar surface area (TPSA) is 12.0 Å². The number of benzene rings is 1. The molecule has 18 heavy (non-hydrogen) atoms. The van der Waals surface area contributed by atoms with Crippen LogP contribution in [0.3, 0.4) is 0 Å². The van der Waals surface area contributed by atoms with Crippen molar-refractivity contribution in [2.75, 3.05) is 6.54 Å². The minimum Gasteiger partial charge on any atom is -0.310 e. The van der Waals surface area contributed by atoms with Crippen LogP contribution in [0.1, 0.15) is 55.3 Å². The van der Waals surface area contributed by atoms with Crippen LogP contribution in [0, 0.1) is 19.8 Å². The van der Waals surface area contributed by atoms with Crippen molar-refractivity contribution in [1.82, 2.24) is 5.32 Å². The molecule has 0 aliphatic heterocycles. The molecule has 0 heterocycles. The highest BCUT2D eigenvalue weighted by Crippen LogP contribution is 2.39. The Morgan fingerprint density at radius 1 is 1.28 bits per heavy atom. The van der Waals surface area contributed by atoms with E-state index in [0.717, 1.165) is 12.5 Å². The molecule has 0 bridgehead atoms. The third-order valence-corrected chi connectivity index (χ3v) is 4.68. The van der Waals surface area contributed by atoms with E-state index in [0.29, 0.717) is 6.04 Å². The Bertz CT molecular complexity index is 410. The van der Waals surface area contributed by atoms with Gasteiger partial charge in [0.15, 0.2) is 0 Å². The summed E-state index contributed by atoms with van der Waals surface area (Å²) in [5.41, 5.74) is 4.24. The zero-order valence-corrected chi connectivity index (χ0v) is 13.3. The van der Waals surface area contributed by atoms with E-state index in [2.05, 4.69) is 54.2 Å². The SMILES string of the molecule is CCCNC(CC1CC1)c1cc(C)c(Br)cc1C. The molecule has 1 aromatic carbocycles. The lowest BCUT2D eigenvalue weighted by molar-refractivity contribution is 0.472. The summed E-state index contributed by atoms with van der Waals surface area (Å²) in [4.78, 5) is 0. The summed E-state index contributed by atoms with van der Waals surface area (Å²) in [6.45, 7) is 7.76. The monoisotopic (exact) mass is 309 g/mol. The summed E-state index contributed by atoms with van der Waals surface area (Å²) >= 11 is 3.62. The van der Waals surface area contributed by atoms with E-state index in [4.69, 9.17) is 0 Å². The minimum atomic E-state index is 0.546. The second-order valence-corrected chi connectivity index (χ2v) is 6.50. The molecule has 1 atom stereocenters. The molecule has 2 rings (SSSR count). The molecule has 1 aromatic rings. The summed E-state index contributed by atoms with van der Waals surface area (Å²) < 4.78 is 1.23. The van der Waals surface area contributed by atoms with Crippen molar-refractivity contribution in [1.29, 1.82) is 0 Å². The third-order valence-electron chi connectivity index (χ3n) is 3.83. The Kier molecular flexibility index (Phi) is 4.85. The van der Waals surface area contributed by atoms with Crippen molar-refractivity contribution in [3.8, 4) is 0 Å². The van der Waals surface area contributed by atoms with Gasteiger partial charge in [-0.15, -0.1) is 0 Å². The molecule has 0 spiro atoms. The molecule has 1 aliphatic carbocycles. The first-order valence-corrected chi connectivity index (χ1v) is 7.91. The summed E-state index contributed by atoms with van der Waals surface area (Å²) in [7, 11) is 0. The smallest absolute Gasteiger partial charge is 0.0325 e. The minimum absolute atomic E-state index is 0.546. The number of hydrogen-bond acceptors (Lipinski definition) is 1. The summed E-state index contributed by atoms with van der Waals surface area (Å²) in [5, 5.41) is 3.73. The van der Waals surface area contributed by atoms with E-state index in [1.54, 1.807) is 0 Å². The Morgan fingerprint density at radius 3 is 2.61 bits per heavy atom. The molecular weight excluding hydrogens is 286 g/mol. The van der Waals surface area contributed by atoms with Crippen molar-refractivity contribution >= 4 is 15.9 Å². The molecule has 0 saturated heterocycles. The van der Waals surface area contributed by atoms with Crippen molar-refractivity contribution < 1.29 is 0 Å². The predicted molar refractivity (Wildman–Crippen MR) is 82.0 cm³/mol. The van der Waals surface area contributed by atoms with Crippen molar-refractivity contribution in [3.63, 3.8) is 0 Å². The lowest BCUT2D eigenvalue weighted by Gasteiger charge is -2.22. The highest BCUT2D eigenvalue weighted by molar-refractivity contribution is 9.10. The normalized spacial score (nSPS) is 16.9. The second kappa shape index (κ2) is 6.21. The van der Waals surface area contributed by atoms with E-state index in [1.165, 1.54) is 46.8 Å². The predicted octanol–water partition coefficient (Wildman–Crippen LogP) is 4.91. The summed E-state index contributed by atoms with van der Waals surface area (Å²) in [6, 6.07) is 5.16. The largest absolute Gasteiger partial charge is 0.310 e. The van der Waals surface area contributed by atoms with Gasteiger partial charge in [0.1, 0.15) is 0 Å². The van der Waals surface area contributed by atoms with E-state index in [-0.39, 0.29) is 0 Å². The Balaban J connectivity index is 2.19. The van der Waals surface area contributed by atoms with Crippen LogP contribution in [0.2, 0.25) is 0 Å². The van der Waals surface area contributed by atoms with Crippen LogP contribution in [-0.2, 0) is 0 Å². The first-order valence-electron chi connectivity index (χ1n) is 7.11. The van der Waals surface area contributed by atoms with Crippen LogP contribution in [-0.4, -0.2) is 6.54 Å². The fourth-order valence-corrected chi connectivity index (χ4v) is 2.96. The molecule has 2 heteroatoms. The van der Waals surface area contributed by atoms with Gasteiger partial charge in [-0.1, -0.05) is 41.8 Å². The van der Waals surface area contributed by atoms with E-state index in [9.17, 15) is 0 Å². The van der Waals surface area contributed by atoms with Gasteiger partial charge in [0.2, 0.25) is 0 Å². The second-order valence-electron chi connectivity index (χ2n) is 5.64. The van der Waals surface area contributed by atoms with Gasteiger partial charge < -0.3 is 5.32 Å².